The Kier molecular flexibility index (Phi) is 12.3. The molecule has 5 aromatic rings. The molecular formula is C40H44Cl2F3N5O4. The maximum Gasteiger partial charge on any atom is 0.573 e. The van der Waals surface area contributed by atoms with Crippen molar-refractivity contribution in [2.45, 2.75) is 59.9 Å². The quantitative estimate of drug-likeness (QED) is 0.0761. The van der Waals surface area contributed by atoms with E-state index in [1.165, 1.54) is 22.8 Å². The van der Waals surface area contributed by atoms with E-state index in [1.54, 1.807) is 23.9 Å². The van der Waals surface area contributed by atoms with Gasteiger partial charge in [-0.05, 0) is 114 Å². The number of nitrogens with zero attached hydrogens (tertiary/aromatic N) is 3. The first-order valence-electron chi connectivity index (χ1n) is 17.4. The Balaban J connectivity index is 1.75. The summed E-state index contributed by atoms with van der Waals surface area (Å²) in [6.07, 6.45) is -2.26. The van der Waals surface area contributed by atoms with E-state index < -0.39 is 18.1 Å². The van der Waals surface area contributed by atoms with Gasteiger partial charge in [0.2, 0.25) is 0 Å². The van der Waals surface area contributed by atoms with Crippen LogP contribution in [0.2, 0.25) is 10.0 Å². The SMILES string of the molecule is CNC[C@@H](C)Nc1c(/C(=C/c2cc(OC(F)(F)F)cc3cc(C(=O)O)n(C)c23)CCCOc2cc(C)c(Cl)c(C)c2)ccc(Cl)c1-c1c(C)nn(C)c1C. The van der Waals surface area contributed by atoms with Crippen LogP contribution >= 0.6 is 23.2 Å². The van der Waals surface area contributed by atoms with Crippen LogP contribution in [-0.4, -0.2) is 58.0 Å². The third-order valence-corrected chi connectivity index (χ3v) is 10.3. The predicted octanol–water partition coefficient (Wildman–Crippen LogP) is 10.1. The molecule has 0 aliphatic carbocycles. The van der Waals surface area contributed by atoms with Crippen molar-refractivity contribution in [2.24, 2.45) is 14.1 Å². The molecule has 0 spiro atoms. The van der Waals surface area contributed by atoms with E-state index in [0.717, 1.165) is 50.5 Å². The largest absolute Gasteiger partial charge is 0.573 e. The lowest BCUT2D eigenvalue weighted by molar-refractivity contribution is -0.274. The number of anilines is 1. The van der Waals surface area contributed by atoms with E-state index in [2.05, 4.69) is 20.5 Å². The Hall–Kier alpha value is -4.65. The third-order valence-electron chi connectivity index (χ3n) is 9.34. The average molecular weight is 787 g/mol. The zero-order chi connectivity index (χ0) is 39.6. The maximum atomic E-state index is 13.6. The Labute approximate surface area is 322 Å². The Morgan fingerprint density at radius 3 is 2.30 bits per heavy atom. The number of hydrogen-bond donors (Lipinski definition) is 3. The number of alkyl halides is 3. The van der Waals surface area contributed by atoms with Crippen LogP contribution in [0.4, 0.5) is 18.9 Å². The summed E-state index contributed by atoms with van der Waals surface area (Å²) < 4.78 is 54.6. The second-order valence-corrected chi connectivity index (χ2v) is 14.3. The average Bonchev–Trinajstić information content (AvgIpc) is 3.54. The summed E-state index contributed by atoms with van der Waals surface area (Å²) in [5, 5.41) is 22.9. The highest BCUT2D eigenvalue weighted by Gasteiger charge is 2.32. The molecule has 54 heavy (non-hydrogen) atoms. The standard InChI is InChI=1S/C40H44Cl2F3N5O4/c1-21-14-29(15-22(2)36(21)42)53-13-9-10-26(16-27-17-30(54-40(43,44)45)18-28-19-33(39(51)52)49(7)38(27)28)31-11-12-32(41)35(37(31)47-23(3)20-46-6)34-24(4)48-50(8)25(34)5/h11-12,14-19,23,46-47H,9-10,13,20H2,1-8H3,(H,51,52)/b26-16+/t23-/m1/s1. The molecule has 0 aliphatic rings. The van der Waals surface area contributed by atoms with Crippen molar-refractivity contribution in [1.29, 1.82) is 0 Å². The van der Waals surface area contributed by atoms with Gasteiger partial charge in [-0.25, -0.2) is 4.79 Å². The lowest BCUT2D eigenvalue weighted by Crippen LogP contribution is -2.28. The van der Waals surface area contributed by atoms with Gasteiger partial charge in [-0.1, -0.05) is 29.3 Å². The van der Waals surface area contributed by atoms with Gasteiger partial charge in [-0.2, -0.15) is 5.10 Å². The second kappa shape index (κ2) is 16.4. The number of fused-ring (bicyclic) bond motifs is 1. The van der Waals surface area contributed by atoms with Gasteiger partial charge in [-0.15, -0.1) is 13.2 Å². The third kappa shape index (κ3) is 8.83. The molecular weight excluding hydrogens is 742 g/mol. The van der Waals surface area contributed by atoms with E-state index in [9.17, 15) is 23.1 Å². The van der Waals surface area contributed by atoms with E-state index >= 15 is 0 Å². The summed E-state index contributed by atoms with van der Waals surface area (Å²) >= 11 is 13.4. The molecule has 0 bridgehead atoms. The molecule has 0 aliphatic heterocycles. The molecule has 9 nitrogen and oxygen atoms in total. The lowest BCUT2D eigenvalue weighted by Gasteiger charge is -2.24. The summed E-state index contributed by atoms with van der Waals surface area (Å²) in [5.41, 5.74) is 7.92. The minimum atomic E-state index is -4.97. The molecule has 3 N–H and O–H groups in total. The van der Waals surface area contributed by atoms with Crippen molar-refractivity contribution in [3.8, 4) is 22.6 Å². The summed E-state index contributed by atoms with van der Waals surface area (Å²) in [4.78, 5) is 12.2. The molecule has 0 saturated heterocycles. The zero-order valence-corrected chi connectivity index (χ0v) is 32.9. The number of carbonyl (C=O) groups is 1. The van der Waals surface area contributed by atoms with Gasteiger partial charge in [0.25, 0.3) is 0 Å². The zero-order valence-electron chi connectivity index (χ0n) is 31.4. The minimum absolute atomic E-state index is 0.0783. The fourth-order valence-corrected chi connectivity index (χ4v) is 7.27. The first-order chi connectivity index (χ1) is 25.4. The van der Waals surface area contributed by atoms with Crippen LogP contribution in [0.3, 0.4) is 0 Å². The minimum Gasteiger partial charge on any atom is -0.494 e. The van der Waals surface area contributed by atoms with Gasteiger partial charge >= 0.3 is 12.3 Å². The molecule has 2 heterocycles. The van der Waals surface area contributed by atoms with Crippen LogP contribution in [-0.2, 0) is 14.1 Å². The monoisotopic (exact) mass is 785 g/mol. The number of hydrogen-bond acceptors (Lipinski definition) is 6. The number of aromatic carboxylic acids is 1. The number of nitrogens with one attached hydrogen (secondary N) is 2. The molecule has 3 aromatic carbocycles. The van der Waals surface area contributed by atoms with E-state index in [4.69, 9.17) is 27.9 Å². The number of aryl methyl sites for hydroxylation is 5. The van der Waals surface area contributed by atoms with E-state index in [0.29, 0.717) is 52.9 Å². The Bertz CT molecular complexity index is 2220. The van der Waals surface area contributed by atoms with Crippen molar-refractivity contribution < 1.29 is 32.5 Å². The predicted molar refractivity (Wildman–Crippen MR) is 210 cm³/mol. The lowest BCUT2D eigenvalue weighted by atomic mass is 9.91. The fraction of sp³-hybridized carbons (Fsp3) is 0.350. The highest BCUT2D eigenvalue weighted by molar-refractivity contribution is 6.34. The van der Waals surface area contributed by atoms with Gasteiger partial charge < -0.3 is 29.8 Å². The molecule has 0 radical (unpaired) electrons. The number of benzene rings is 3. The normalized spacial score (nSPS) is 12.7. The van der Waals surface area contributed by atoms with Crippen molar-refractivity contribution in [1.82, 2.24) is 19.7 Å². The van der Waals surface area contributed by atoms with Gasteiger partial charge in [-0.3, -0.25) is 4.68 Å². The van der Waals surface area contributed by atoms with Gasteiger partial charge in [0.1, 0.15) is 17.2 Å². The van der Waals surface area contributed by atoms with Crippen LogP contribution in [0.25, 0.3) is 33.7 Å². The van der Waals surface area contributed by atoms with Gasteiger partial charge in [0.05, 0.1) is 28.5 Å². The number of rotatable bonds is 14. The summed E-state index contributed by atoms with van der Waals surface area (Å²) in [6, 6.07) is 11.2. The maximum absolute atomic E-state index is 13.6. The van der Waals surface area contributed by atoms with Gasteiger partial charge in [0.15, 0.2) is 0 Å². The van der Waals surface area contributed by atoms with Crippen molar-refractivity contribution in [2.75, 3.05) is 25.5 Å². The summed E-state index contributed by atoms with van der Waals surface area (Å²) in [7, 11) is 5.29. The molecule has 288 valence electrons. The molecule has 14 heteroatoms. The highest BCUT2D eigenvalue weighted by Crippen LogP contribution is 2.45. The number of aromatic nitrogens is 3. The molecule has 0 amide bonds. The number of carboxylic acids is 1. The number of ether oxygens (including phenoxy) is 2. The van der Waals surface area contributed by atoms with Crippen LogP contribution in [0, 0.1) is 27.7 Å². The van der Waals surface area contributed by atoms with E-state index in [-0.39, 0.29) is 17.1 Å². The molecule has 0 unspecified atom stereocenters. The number of halogens is 5. The van der Waals surface area contributed by atoms with E-state index in [1.807, 2.05) is 66.9 Å². The molecule has 5 rings (SSSR count). The molecule has 1 atom stereocenters. The van der Waals surface area contributed by atoms with Crippen LogP contribution in [0.15, 0.2) is 42.5 Å². The number of carboxylic acid groups (broad SMARTS) is 1. The van der Waals surface area contributed by atoms with Crippen molar-refractivity contribution >= 4 is 57.4 Å². The van der Waals surface area contributed by atoms with Crippen molar-refractivity contribution in [3.05, 3.63) is 91.8 Å². The summed E-state index contributed by atoms with van der Waals surface area (Å²) in [5.74, 6) is -1.02. The Morgan fingerprint density at radius 1 is 1.02 bits per heavy atom. The number of allylic oxidation sites excluding steroid dienone is 1. The summed E-state index contributed by atoms with van der Waals surface area (Å²) in [6.45, 7) is 10.7. The van der Waals surface area contributed by atoms with Crippen molar-refractivity contribution in [3.63, 3.8) is 0 Å². The second-order valence-electron chi connectivity index (χ2n) is 13.5. The van der Waals surface area contributed by atoms with Crippen LogP contribution < -0.4 is 20.1 Å². The van der Waals surface area contributed by atoms with Crippen LogP contribution in [0.1, 0.15) is 63.9 Å². The smallest absolute Gasteiger partial charge is 0.494 e. The Morgan fingerprint density at radius 2 is 1.70 bits per heavy atom. The topological polar surface area (TPSA) is 103 Å². The highest BCUT2D eigenvalue weighted by atomic mass is 35.5. The van der Waals surface area contributed by atoms with Gasteiger partial charge in [0, 0.05) is 65.0 Å². The first-order valence-corrected chi connectivity index (χ1v) is 18.1. The molecule has 0 fully saturated rings. The molecule has 0 saturated carbocycles. The number of likely N-dealkylation sites (N-methyl/N-ethyl adjacent to an activating group) is 1. The molecule has 2 aromatic heterocycles. The first kappa shape index (κ1) is 40.5. The van der Waals surface area contributed by atoms with Crippen LogP contribution in [0.5, 0.6) is 11.5 Å². The fourth-order valence-electron chi connectivity index (χ4n) is 6.91.